The summed E-state index contributed by atoms with van der Waals surface area (Å²) in [6, 6.07) is 13.2. The van der Waals surface area contributed by atoms with Gasteiger partial charge in [-0.25, -0.2) is 4.39 Å². The maximum absolute atomic E-state index is 13.0. The van der Waals surface area contributed by atoms with Crippen LogP contribution in [0.2, 0.25) is 5.02 Å². The summed E-state index contributed by atoms with van der Waals surface area (Å²) in [5.41, 5.74) is 1.44. The molecule has 110 valence electrons. The van der Waals surface area contributed by atoms with Crippen molar-refractivity contribution in [3.8, 4) is 0 Å². The van der Waals surface area contributed by atoms with Crippen molar-refractivity contribution in [2.45, 2.75) is 13.0 Å². The normalized spacial score (nSPS) is 12.0. The fourth-order valence-corrected chi connectivity index (χ4v) is 2.11. The van der Waals surface area contributed by atoms with Gasteiger partial charge in [-0.2, -0.15) is 0 Å². The number of hydrogen-bond donors (Lipinski definition) is 2. The molecule has 0 radical (unpaired) electrons. The summed E-state index contributed by atoms with van der Waals surface area (Å²) >= 11 is 5.93. The van der Waals surface area contributed by atoms with Crippen LogP contribution in [0, 0.1) is 5.82 Å². The molecule has 0 aliphatic rings. The van der Waals surface area contributed by atoms with Gasteiger partial charge >= 0.3 is 0 Å². The number of carbonyl (C=O) groups excluding carboxylic acids is 1. The fourth-order valence-electron chi connectivity index (χ4n) is 1.91. The van der Waals surface area contributed by atoms with Gasteiger partial charge in [-0.15, -0.1) is 0 Å². The van der Waals surface area contributed by atoms with E-state index in [-0.39, 0.29) is 24.3 Å². The number of benzene rings is 2. The lowest BCUT2D eigenvalue weighted by molar-refractivity contribution is -0.115. The molecule has 0 bridgehead atoms. The van der Waals surface area contributed by atoms with Gasteiger partial charge < -0.3 is 10.6 Å². The summed E-state index contributed by atoms with van der Waals surface area (Å²) < 4.78 is 13.0. The largest absolute Gasteiger partial charge is 0.325 e. The first-order valence-electron chi connectivity index (χ1n) is 6.59. The van der Waals surface area contributed by atoms with Crippen LogP contribution in [0.1, 0.15) is 18.5 Å². The maximum atomic E-state index is 13.0. The number of anilines is 1. The Labute approximate surface area is 128 Å². The molecule has 2 aromatic rings. The Balaban J connectivity index is 1.86. The Morgan fingerprint density at radius 2 is 2.00 bits per heavy atom. The lowest BCUT2D eigenvalue weighted by Gasteiger charge is -2.14. The van der Waals surface area contributed by atoms with Crippen molar-refractivity contribution in [3.63, 3.8) is 0 Å². The molecule has 0 saturated carbocycles. The summed E-state index contributed by atoms with van der Waals surface area (Å²) in [6.07, 6.45) is 0. The molecule has 0 saturated heterocycles. The van der Waals surface area contributed by atoms with Crippen molar-refractivity contribution in [3.05, 3.63) is 64.9 Å². The van der Waals surface area contributed by atoms with E-state index in [1.807, 2.05) is 25.1 Å². The molecule has 0 heterocycles. The minimum Gasteiger partial charge on any atom is -0.325 e. The zero-order chi connectivity index (χ0) is 15.2. The zero-order valence-electron chi connectivity index (χ0n) is 11.6. The Bertz CT molecular complexity index is 633. The highest BCUT2D eigenvalue weighted by Gasteiger charge is 2.08. The summed E-state index contributed by atoms with van der Waals surface area (Å²) in [5, 5.41) is 6.39. The Kier molecular flexibility index (Phi) is 5.31. The first-order chi connectivity index (χ1) is 10.0. The van der Waals surface area contributed by atoms with Crippen molar-refractivity contribution in [1.82, 2.24) is 5.32 Å². The Morgan fingerprint density at radius 1 is 1.24 bits per heavy atom. The van der Waals surface area contributed by atoms with Gasteiger partial charge in [0.25, 0.3) is 0 Å². The van der Waals surface area contributed by atoms with Crippen LogP contribution in [-0.4, -0.2) is 12.5 Å². The highest BCUT2D eigenvalue weighted by atomic mass is 35.5. The quantitative estimate of drug-likeness (QED) is 0.883. The van der Waals surface area contributed by atoms with Crippen LogP contribution in [0.3, 0.4) is 0 Å². The van der Waals surface area contributed by atoms with Crippen LogP contribution >= 0.6 is 11.6 Å². The first kappa shape index (κ1) is 15.5. The number of nitrogens with one attached hydrogen (secondary N) is 2. The third kappa shape index (κ3) is 4.85. The van der Waals surface area contributed by atoms with E-state index in [4.69, 9.17) is 11.6 Å². The third-order valence-corrected chi connectivity index (χ3v) is 3.26. The predicted molar refractivity (Wildman–Crippen MR) is 82.9 cm³/mol. The molecule has 1 atom stereocenters. The van der Waals surface area contributed by atoms with Crippen molar-refractivity contribution < 1.29 is 9.18 Å². The van der Waals surface area contributed by atoms with Crippen molar-refractivity contribution in [2.75, 3.05) is 11.9 Å². The molecule has 2 N–H and O–H groups in total. The van der Waals surface area contributed by atoms with Gasteiger partial charge in [0.05, 0.1) is 6.54 Å². The molecule has 0 fully saturated rings. The van der Waals surface area contributed by atoms with E-state index in [0.717, 1.165) is 5.56 Å². The molecular weight excluding hydrogens is 291 g/mol. The highest BCUT2D eigenvalue weighted by Crippen LogP contribution is 2.17. The maximum Gasteiger partial charge on any atom is 0.238 e. The van der Waals surface area contributed by atoms with E-state index in [1.54, 1.807) is 18.2 Å². The van der Waals surface area contributed by atoms with Crippen LogP contribution in [0.4, 0.5) is 10.1 Å². The van der Waals surface area contributed by atoms with E-state index in [0.29, 0.717) is 10.7 Å². The summed E-state index contributed by atoms with van der Waals surface area (Å²) in [7, 11) is 0. The average molecular weight is 307 g/mol. The summed E-state index contributed by atoms with van der Waals surface area (Å²) in [6.45, 7) is 2.07. The topological polar surface area (TPSA) is 41.1 Å². The van der Waals surface area contributed by atoms with Gasteiger partial charge in [0, 0.05) is 16.8 Å². The highest BCUT2D eigenvalue weighted by molar-refractivity contribution is 6.30. The van der Waals surface area contributed by atoms with Crippen molar-refractivity contribution in [1.29, 1.82) is 0 Å². The number of rotatable bonds is 5. The molecule has 0 aliphatic heterocycles. The third-order valence-electron chi connectivity index (χ3n) is 3.03. The molecule has 5 heteroatoms. The van der Waals surface area contributed by atoms with Crippen LogP contribution in [0.25, 0.3) is 0 Å². The van der Waals surface area contributed by atoms with Crippen LogP contribution in [0.5, 0.6) is 0 Å². The minimum atomic E-state index is -0.381. The van der Waals surface area contributed by atoms with Gasteiger partial charge in [0.15, 0.2) is 0 Å². The van der Waals surface area contributed by atoms with E-state index in [2.05, 4.69) is 10.6 Å². The molecule has 0 unspecified atom stereocenters. The van der Waals surface area contributed by atoms with E-state index < -0.39 is 0 Å². The molecule has 0 aromatic heterocycles. The number of halogens is 2. The molecule has 0 spiro atoms. The van der Waals surface area contributed by atoms with Crippen LogP contribution in [0.15, 0.2) is 48.5 Å². The SMILES string of the molecule is C[C@@H](NCC(=O)Nc1cccc(F)c1)c1cccc(Cl)c1. The lowest BCUT2D eigenvalue weighted by Crippen LogP contribution is -2.30. The average Bonchev–Trinajstić information content (AvgIpc) is 2.45. The minimum absolute atomic E-state index is 0.0121. The molecule has 0 aliphatic carbocycles. The smallest absolute Gasteiger partial charge is 0.238 e. The Hall–Kier alpha value is -1.91. The summed E-state index contributed by atoms with van der Waals surface area (Å²) in [5.74, 6) is -0.609. The molecule has 21 heavy (non-hydrogen) atoms. The van der Waals surface area contributed by atoms with Gasteiger partial charge in [0.2, 0.25) is 5.91 Å². The predicted octanol–water partition coefficient (Wildman–Crippen LogP) is 3.77. The monoisotopic (exact) mass is 306 g/mol. The van der Waals surface area contributed by atoms with Gasteiger partial charge in [-0.1, -0.05) is 29.8 Å². The van der Waals surface area contributed by atoms with E-state index in [1.165, 1.54) is 12.1 Å². The van der Waals surface area contributed by atoms with E-state index >= 15 is 0 Å². The van der Waals surface area contributed by atoms with E-state index in [9.17, 15) is 9.18 Å². The van der Waals surface area contributed by atoms with Gasteiger partial charge in [-0.3, -0.25) is 4.79 Å². The second-order valence-electron chi connectivity index (χ2n) is 4.72. The van der Waals surface area contributed by atoms with Gasteiger partial charge in [0.1, 0.15) is 5.82 Å². The second-order valence-corrected chi connectivity index (χ2v) is 5.15. The van der Waals surface area contributed by atoms with Crippen LogP contribution in [-0.2, 0) is 4.79 Å². The second kappa shape index (κ2) is 7.20. The van der Waals surface area contributed by atoms with Crippen molar-refractivity contribution >= 4 is 23.2 Å². The number of amides is 1. The van der Waals surface area contributed by atoms with Crippen LogP contribution < -0.4 is 10.6 Å². The standard InChI is InChI=1S/C16H16ClFN2O/c1-11(12-4-2-5-13(17)8-12)19-10-16(21)20-15-7-3-6-14(18)9-15/h2-9,11,19H,10H2,1H3,(H,20,21)/t11-/m1/s1. The molecular formula is C16H16ClFN2O. The first-order valence-corrected chi connectivity index (χ1v) is 6.96. The van der Waals surface area contributed by atoms with Gasteiger partial charge in [-0.05, 0) is 42.8 Å². The molecule has 2 rings (SSSR count). The fraction of sp³-hybridized carbons (Fsp3) is 0.188. The molecule has 3 nitrogen and oxygen atoms in total. The molecule has 1 amide bonds. The zero-order valence-corrected chi connectivity index (χ0v) is 12.3. The van der Waals surface area contributed by atoms with Crippen molar-refractivity contribution in [2.24, 2.45) is 0 Å². The lowest BCUT2D eigenvalue weighted by atomic mass is 10.1. The molecule has 2 aromatic carbocycles. The number of hydrogen-bond acceptors (Lipinski definition) is 2. The Morgan fingerprint density at radius 3 is 2.71 bits per heavy atom. The number of carbonyl (C=O) groups is 1. The summed E-state index contributed by atoms with van der Waals surface area (Å²) in [4.78, 5) is 11.8.